The van der Waals surface area contributed by atoms with Crippen LogP contribution in [0.4, 0.5) is 4.79 Å². The highest BCUT2D eigenvalue weighted by Gasteiger charge is 2.18. The quantitative estimate of drug-likeness (QED) is 0.442. The third-order valence-electron chi connectivity index (χ3n) is 0.405. The van der Waals surface area contributed by atoms with E-state index < -0.39 is 16.3 Å². The first kappa shape index (κ1) is 8.53. The second-order valence-electron chi connectivity index (χ2n) is 1.07. The summed E-state index contributed by atoms with van der Waals surface area (Å²) >= 11 is 3.03. The minimum atomic E-state index is -4.20. The molecule has 0 aliphatic carbocycles. The zero-order valence-electron chi connectivity index (χ0n) is 4.05. The Labute approximate surface area is 57.0 Å². The molecule has 54 valence electrons. The number of nitrogens with zero attached hydrogens (tertiary/aromatic N) is 1. The van der Waals surface area contributed by atoms with E-state index in [2.05, 4.69) is 18.0 Å². The lowest BCUT2D eigenvalue weighted by atomic mass is 11.3. The number of carbonyl (C=O) groups is 1. The van der Waals surface area contributed by atoms with Crippen molar-refractivity contribution in [1.29, 1.82) is 0 Å². The Kier molecular flexibility index (Phi) is 2.29. The average molecular weight is 172 g/mol. The van der Waals surface area contributed by atoms with Crippen molar-refractivity contribution in [3.8, 4) is 0 Å². The zero-order valence-corrected chi connectivity index (χ0v) is 5.76. The number of thiol groups is 1. The molecule has 0 aromatic heterocycles. The normalized spacial score (nSPS) is 10.9. The first-order valence-corrected chi connectivity index (χ1v) is 3.51. The van der Waals surface area contributed by atoms with Gasteiger partial charge in [0.25, 0.3) is 0 Å². The molecule has 0 aromatic rings. The molecular weight excluding hydrogens is 168 g/mol. The molecule has 0 aromatic carbocycles. The molecule has 0 saturated heterocycles. The summed E-state index contributed by atoms with van der Waals surface area (Å²) in [6, 6.07) is 0. The lowest BCUT2D eigenvalue weighted by Gasteiger charge is -2.05. The molecule has 0 aliphatic rings. The summed E-state index contributed by atoms with van der Waals surface area (Å²) in [5, 5.41) is 12.2. The Morgan fingerprint density at radius 3 is 2.00 bits per heavy atom. The first-order chi connectivity index (χ1) is 3.85. The fourth-order valence-corrected chi connectivity index (χ4v) is 0.327. The molecule has 1 amide bonds. The molecule has 0 bridgehead atoms. The number of hydrogen-bond donors (Lipinski definition) is 3. The molecule has 9 heavy (non-hydrogen) atoms. The summed E-state index contributed by atoms with van der Waals surface area (Å²) < 4.78 is 19.8. The van der Waals surface area contributed by atoms with E-state index in [1.807, 2.05) is 0 Å². The standard InChI is InChI=1S/CH4N2O4S2/c2-9(6,7)3(8)1(4)5/h8H,(H,4,5)(H2,2,6,7). The lowest BCUT2D eigenvalue weighted by molar-refractivity contribution is 0.189. The molecule has 0 atom stereocenters. The van der Waals surface area contributed by atoms with Gasteiger partial charge in [0.1, 0.15) is 0 Å². The Hall–Kier alpha value is -0.470. The minimum Gasteiger partial charge on any atom is -0.464 e. The number of carboxylic acid groups (broad SMARTS) is 1. The fourth-order valence-electron chi connectivity index (χ4n) is 0.109. The van der Waals surface area contributed by atoms with Crippen molar-refractivity contribution >= 4 is 29.1 Å². The molecule has 8 heteroatoms. The van der Waals surface area contributed by atoms with Gasteiger partial charge in [0, 0.05) is 0 Å². The fraction of sp³-hybridized carbons (Fsp3) is 0. The SMILES string of the molecule is NS(=O)(=O)N(S)C(=O)O. The molecule has 6 nitrogen and oxygen atoms in total. The Morgan fingerprint density at radius 2 is 2.00 bits per heavy atom. The van der Waals surface area contributed by atoms with Crippen LogP contribution in [0.25, 0.3) is 0 Å². The van der Waals surface area contributed by atoms with E-state index in [1.165, 1.54) is 0 Å². The maximum atomic E-state index is 10.0. The van der Waals surface area contributed by atoms with Crippen LogP contribution in [-0.2, 0) is 10.2 Å². The van der Waals surface area contributed by atoms with E-state index in [0.717, 1.165) is 0 Å². The summed E-state index contributed by atoms with van der Waals surface area (Å²) in [6.07, 6.45) is -1.74. The van der Waals surface area contributed by atoms with E-state index >= 15 is 0 Å². The molecule has 0 saturated carbocycles. The van der Waals surface area contributed by atoms with Gasteiger partial charge in [-0.05, 0) is 12.8 Å². The molecule has 0 rings (SSSR count). The van der Waals surface area contributed by atoms with Crippen molar-refractivity contribution < 1.29 is 18.3 Å². The Bertz CT molecular complexity index is 207. The predicted octanol–water partition coefficient (Wildman–Crippen LogP) is -0.985. The van der Waals surface area contributed by atoms with Gasteiger partial charge in [-0.1, -0.05) is 0 Å². The molecule has 0 aliphatic heterocycles. The van der Waals surface area contributed by atoms with Gasteiger partial charge >= 0.3 is 16.3 Å². The summed E-state index contributed by atoms with van der Waals surface area (Å²) in [5.74, 6) is 0. The summed E-state index contributed by atoms with van der Waals surface area (Å²) in [4.78, 5) is 9.74. The van der Waals surface area contributed by atoms with Crippen LogP contribution >= 0.6 is 12.8 Å². The van der Waals surface area contributed by atoms with Gasteiger partial charge in [0.05, 0.1) is 0 Å². The third-order valence-corrected chi connectivity index (χ3v) is 1.90. The van der Waals surface area contributed by atoms with Crippen molar-refractivity contribution in [3.63, 3.8) is 0 Å². The monoisotopic (exact) mass is 172 g/mol. The molecule has 0 heterocycles. The highest BCUT2D eigenvalue weighted by molar-refractivity contribution is 7.99. The van der Waals surface area contributed by atoms with Gasteiger partial charge < -0.3 is 5.11 Å². The van der Waals surface area contributed by atoms with E-state index in [-0.39, 0.29) is 3.71 Å². The second-order valence-corrected chi connectivity index (χ2v) is 3.14. The van der Waals surface area contributed by atoms with Crippen LogP contribution in [0, 0.1) is 0 Å². The molecule has 3 N–H and O–H groups in total. The maximum absolute atomic E-state index is 10.0. The highest BCUT2D eigenvalue weighted by Crippen LogP contribution is 1.97. The zero-order chi connectivity index (χ0) is 7.65. The Balaban J connectivity index is 4.43. The van der Waals surface area contributed by atoms with Crippen LogP contribution in [0.1, 0.15) is 0 Å². The van der Waals surface area contributed by atoms with Crippen LogP contribution in [-0.4, -0.2) is 23.3 Å². The van der Waals surface area contributed by atoms with Crippen molar-refractivity contribution in [2.75, 3.05) is 0 Å². The van der Waals surface area contributed by atoms with E-state index in [9.17, 15) is 13.2 Å². The van der Waals surface area contributed by atoms with Crippen molar-refractivity contribution in [2.45, 2.75) is 0 Å². The molecule has 0 spiro atoms. The highest BCUT2D eigenvalue weighted by atomic mass is 32.3. The van der Waals surface area contributed by atoms with Gasteiger partial charge in [0.15, 0.2) is 0 Å². The Morgan fingerprint density at radius 1 is 1.67 bits per heavy atom. The van der Waals surface area contributed by atoms with E-state index in [4.69, 9.17) is 5.11 Å². The van der Waals surface area contributed by atoms with E-state index in [0.29, 0.717) is 0 Å². The largest absolute Gasteiger partial charge is 0.464 e. The molecule has 0 unspecified atom stereocenters. The van der Waals surface area contributed by atoms with Gasteiger partial charge in [-0.15, -0.1) is 3.71 Å². The number of hydrogen-bond acceptors (Lipinski definition) is 4. The van der Waals surface area contributed by atoms with Crippen LogP contribution in [0.5, 0.6) is 0 Å². The van der Waals surface area contributed by atoms with Gasteiger partial charge in [-0.25, -0.2) is 9.93 Å². The van der Waals surface area contributed by atoms with Crippen molar-refractivity contribution in [1.82, 2.24) is 3.71 Å². The third kappa shape index (κ3) is 2.54. The van der Waals surface area contributed by atoms with Crippen molar-refractivity contribution in [3.05, 3.63) is 0 Å². The summed E-state index contributed by atoms with van der Waals surface area (Å²) in [5.41, 5.74) is 0. The topological polar surface area (TPSA) is 101 Å². The van der Waals surface area contributed by atoms with Crippen LogP contribution in [0.2, 0.25) is 0 Å². The maximum Gasteiger partial charge on any atom is 0.432 e. The second kappa shape index (κ2) is 2.42. The van der Waals surface area contributed by atoms with Crippen LogP contribution < -0.4 is 5.14 Å². The van der Waals surface area contributed by atoms with Gasteiger partial charge in [-0.2, -0.15) is 8.42 Å². The predicted molar refractivity (Wildman–Crippen MR) is 32.0 cm³/mol. The number of nitrogens with two attached hydrogens (primary N) is 1. The lowest BCUT2D eigenvalue weighted by Crippen LogP contribution is -2.32. The van der Waals surface area contributed by atoms with Crippen molar-refractivity contribution in [2.24, 2.45) is 5.14 Å². The minimum absolute atomic E-state index is 0.285. The van der Waals surface area contributed by atoms with Crippen LogP contribution in [0.3, 0.4) is 0 Å². The molecular formula is CH4N2O4S2. The first-order valence-electron chi connectivity index (χ1n) is 1.60. The summed E-state index contributed by atoms with van der Waals surface area (Å²) in [7, 11) is -4.20. The number of rotatable bonds is 1. The van der Waals surface area contributed by atoms with E-state index in [1.54, 1.807) is 0 Å². The average Bonchev–Trinajstić information content (AvgIpc) is 1.62. The van der Waals surface area contributed by atoms with Crippen LogP contribution in [0.15, 0.2) is 0 Å². The smallest absolute Gasteiger partial charge is 0.432 e. The van der Waals surface area contributed by atoms with Gasteiger partial charge in [0.2, 0.25) is 0 Å². The summed E-state index contributed by atoms with van der Waals surface area (Å²) in [6.45, 7) is 0. The van der Waals surface area contributed by atoms with Gasteiger partial charge in [-0.3, -0.25) is 0 Å². The molecule has 0 fully saturated rings. The number of amides is 1. The molecule has 0 radical (unpaired) electrons.